The van der Waals surface area contributed by atoms with Crippen molar-refractivity contribution in [1.82, 2.24) is 0 Å². The first kappa shape index (κ1) is 11.8. The first-order chi connectivity index (χ1) is 9.83. The summed E-state index contributed by atoms with van der Waals surface area (Å²) in [7, 11) is 0. The normalized spacial score (nSPS) is 18.8. The number of rotatable bonds is 1. The maximum absolute atomic E-state index is 4.31. The van der Waals surface area contributed by atoms with Gasteiger partial charge in [-0.1, -0.05) is 43.0 Å². The molecule has 1 aliphatic carbocycles. The minimum absolute atomic E-state index is 0.979. The lowest BCUT2D eigenvalue weighted by molar-refractivity contribution is 0.843. The summed E-state index contributed by atoms with van der Waals surface area (Å²) in [4.78, 5) is 2.49. The van der Waals surface area contributed by atoms with Crippen molar-refractivity contribution in [2.24, 2.45) is 0 Å². The maximum Gasteiger partial charge on any atom is 0.0451 e. The molecule has 0 aromatic heterocycles. The lowest BCUT2D eigenvalue weighted by Crippen LogP contribution is -2.32. The molecule has 1 aliphatic heterocycles. The minimum Gasteiger partial charge on any atom is -0.363 e. The van der Waals surface area contributed by atoms with E-state index in [-0.39, 0.29) is 0 Å². The molecule has 4 rings (SSSR count). The van der Waals surface area contributed by atoms with Crippen molar-refractivity contribution in [1.29, 1.82) is 0 Å². The van der Waals surface area contributed by atoms with E-state index in [9.17, 15) is 0 Å². The lowest BCUT2D eigenvalue weighted by atomic mass is 9.97. The molecule has 2 aromatic carbocycles. The minimum atomic E-state index is 0.979. The van der Waals surface area contributed by atoms with E-state index >= 15 is 0 Å². The van der Waals surface area contributed by atoms with Crippen LogP contribution < -0.4 is 4.90 Å². The van der Waals surface area contributed by atoms with Crippen LogP contribution in [0.5, 0.6) is 0 Å². The molecule has 0 N–H and O–H groups in total. The van der Waals surface area contributed by atoms with Gasteiger partial charge in [0.25, 0.3) is 0 Å². The van der Waals surface area contributed by atoms with Gasteiger partial charge in [0.1, 0.15) is 0 Å². The first-order valence-corrected chi connectivity index (χ1v) is 7.45. The van der Waals surface area contributed by atoms with Crippen LogP contribution in [0, 0.1) is 0 Å². The van der Waals surface area contributed by atoms with Gasteiger partial charge in [-0.2, -0.15) is 0 Å². The highest BCUT2D eigenvalue weighted by molar-refractivity contribution is 5.94. The van der Waals surface area contributed by atoms with E-state index in [1.54, 1.807) is 11.1 Å². The molecule has 1 heteroatoms. The smallest absolute Gasteiger partial charge is 0.0451 e. The Hall–Kier alpha value is -2.02. The predicted molar refractivity (Wildman–Crippen MR) is 86.2 cm³/mol. The average molecular weight is 261 g/mol. The SMILES string of the molecule is C=C1CN(c2cccc3ccccc23)CC2=C1CCC2. The Morgan fingerprint density at radius 2 is 1.75 bits per heavy atom. The molecule has 0 radical (unpaired) electrons. The summed E-state index contributed by atoms with van der Waals surface area (Å²) in [6.45, 7) is 6.38. The second-order valence-electron chi connectivity index (χ2n) is 5.89. The van der Waals surface area contributed by atoms with Gasteiger partial charge in [0.2, 0.25) is 0 Å². The van der Waals surface area contributed by atoms with Crippen molar-refractivity contribution in [3.63, 3.8) is 0 Å². The van der Waals surface area contributed by atoms with Crippen molar-refractivity contribution in [3.05, 3.63) is 65.8 Å². The molecule has 0 saturated carbocycles. The summed E-state index contributed by atoms with van der Waals surface area (Å²) < 4.78 is 0. The van der Waals surface area contributed by atoms with E-state index in [0.29, 0.717) is 0 Å². The van der Waals surface area contributed by atoms with E-state index in [1.165, 1.54) is 41.3 Å². The van der Waals surface area contributed by atoms with Crippen molar-refractivity contribution in [2.45, 2.75) is 19.3 Å². The van der Waals surface area contributed by atoms with Crippen LogP contribution in [0.1, 0.15) is 19.3 Å². The summed E-state index contributed by atoms with van der Waals surface area (Å²) >= 11 is 0. The molecule has 0 fully saturated rings. The third-order valence-electron chi connectivity index (χ3n) is 4.63. The van der Waals surface area contributed by atoms with Gasteiger partial charge >= 0.3 is 0 Å². The Balaban J connectivity index is 1.79. The molecular formula is C19H19N. The van der Waals surface area contributed by atoms with Crippen LogP contribution in [-0.2, 0) is 0 Å². The number of fused-ring (bicyclic) bond motifs is 1. The second kappa shape index (κ2) is 4.52. The van der Waals surface area contributed by atoms with Gasteiger partial charge in [0.05, 0.1) is 0 Å². The summed E-state index contributed by atoms with van der Waals surface area (Å²) in [6.07, 6.45) is 3.82. The molecule has 2 aromatic rings. The zero-order valence-electron chi connectivity index (χ0n) is 11.7. The lowest BCUT2D eigenvalue weighted by Gasteiger charge is -2.32. The van der Waals surface area contributed by atoms with Crippen molar-refractivity contribution in [2.75, 3.05) is 18.0 Å². The summed E-state index contributed by atoms with van der Waals surface area (Å²) in [6, 6.07) is 15.3. The molecule has 20 heavy (non-hydrogen) atoms. The Morgan fingerprint density at radius 3 is 2.70 bits per heavy atom. The fourth-order valence-electron chi connectivity index (χ4n) is 3.67. The molecule has 0 amide bonds. The zero-order chi connectivity index (χ0) is 13.5. The molecule has 0 spiro atoms. The van der Waals surface area contributed by atoms with Crippen LogP contribution in [0.25, 0.3) is 10.8 Å². The molecule has 1 nitrogen and oxygen atoms in total. The van der Waals surface area contributed by atoms with Gasteiger partial charge in [0, 0.05) is 24.2 Å². The fraction of sp³-hybridized carbons (Fsp3) is 0.263. The first-order valence-electron chi connectivity index (χ1n) is 7.45. The fourth-order valence-corrected chi connectivity index (χ4v) is 3.67. The van der Waals surface area contributed by atoms with E-state index in [1.807, 2.05) is 0 Å². The largest absolute Gasteiger partial charge is 0.363 e. The van der Waals surface area contributed by atoms with Gasteiger partial charge in [0.15, 0.2) is 0 Å². The van der Waals surface area contributed by atoms with E-state index < -0.39 is 0 Å². The molecule has 0 unspecified atom stereocenters. The van der Waals surface area contributed by atoms with Crippen LogP contribution >= 0.6 is 0 Å². The Kier molecular flexibility index (Phi) is 2.66. The third kappa shape index (κ3) is 1.77. The molecule has 1 heterocycles. The zero-order valence-corrected chi connectivity index (χ0v) is 11.7. The van der Waals surface area contributed by atoms with E-state index in [2.05, 4.69) is 53.9 Å². The second-order valence-corrected chi connectivity index (χ2v) is 5.89. The van der Waals surface area contributed by atoms with Gasteiger partial charge in [-0.25, -0.2) is 0 Å². The summed E-state index contributed by atoms with van der Waals surface area (Å²) in [5.41, 5.74) is 5.87. The molecular weight excluding hydrogens is 242 g/mol. The van der Waals surface area contributed by atoms with Crippen molar-refractivity contribution >= 4 is 16.5 Å². The standard InChI is InChI=1S/C19H19N/c1-14-12-20(13-16-8-4-10-17(14)16)19-11-5-7-15-6-2-3-9-18(15)19/h2-3,5-7,9,11H,1,4,8,10,12-13H2. The highest BCUT2D eigenvalue weighted by Gasteiger charge is 2.25. The molecule has 0 saturated heterocycles. The number of hydrogen-bond acceptors (Lipinski definition) is 1. The highest BCUT2D eigenvalue weighted by Crippen LogP contribution is 2.38. The number of benzene rings is 2. The molecule has 0 atom stereocenters. The monoisotopic (exact) mass is 261 g/mol. The Bertz CT molecular complexity index is 718. The highest BCUT2D eigenvalue weighted by atomic mass is 15.1. The topological polar surface area (TPSA) is 3.24 Å². The number of nitrogens with zero attached hydrogens (tertiary/aromatic N) is 1. The van der Waals surface area contributed by atoms with Crippen LogP contribution in [0.15, 0.2) is 65.8 Å². The summed E-state index contributed by atoms with van der Waals surface area (Å²) in [5, 5.41) is 2.67. The van der Waals surface area contributed by atoms with Crippen LogP contribution in [0.2, 0.25) is 0 Å². The van der Waals surface area contributed by atoms with Gasteiger partial charge < -0.3 is 4.90 Å². The van der Waals surface area contributed by atoms with Crippen molar-refractivity contribution < 1.29 is 0 Å². The molecule has 2 aliphatic rings. The Morgan fingerprint density at radius 1 is 0.900 bits per heavy atom. The van der Waals surface area contributed by atoms with Crippen LogP contribution in [0.3, 0.4) is 0 Å². The maximum atomic E-state index is 4.31. The van der Waals surface area contributed by atoms with Crippen LogP contribution in [0.4, 0.5) is 5.69 Å². The van der Waals surface area contributed by atoms with E-state index in [4.69, 9.17) is 0 Å². The third-order valence-corrected chi connectivity index (χ3v) is 4.63. The molecule has 0 bridgehead atoms. The average Bonchev–Trinajstić information content (AvgIpc) is 2.95. The van der Waals surface area contributed by atoms with E-state index in [0.717, 1.165) is 13.1 Å². The van der Waals surface area contributed by atoms with Gasteiger partial charge in [-0.15, -0.1) is 0 Å². The summed E-state index contributed by atoms with van der Waals surface area (Å²) in [5.74, 6) is 0. The van der Waals surface area contributed by atoms with Crippen LogP contribution in [-0.4, -0.2) is 13.1 Å². The quantitative estimate of drug-likeness (QED) is 0.719. The molecule has 100 valence electrons. The van der Waals surface area contributed by atoms with Gasteiger partial charge in [-0.05, 0) is 47.4 Å². The number of hydrogen-bond donors (Lipinski definition) is 0. The van der Waals surface area contributed by atoms with Gasteiger partial charge in [-0.3, -0.25) is 0 Å². The number of anilines is 1. The predicted octanol–water partition coefficient (Wildman–Crippen LogP) is 4.70. The Labute approximate surface area is 120 Å². The van der Waals surface area contributed by atoms with Crippen molar-refractivity contribution in [3.8, 4) is 0 Å².